The fourth-order valence-corrected chi connectivity index (χ4v) is 15.8. The van der Waals surface area contributed by atoms with Crippen LogP contribution in [0.5, 0.6) is 0 Å². The number of anilines is 6. The molecule has 0 atom stereocenters. The van der Waals surface area contributed by atoms with Crippen LogP contribution in [-0.2, 0) is 126 Å². The number of urea groups is 6. The quantitative estimate of drug-likeness (QED) is 0.00746. The van der Waals surface area contributed by atoms with Crippen molar-refractivity contribution in [3.05, 3.63) is 148 Å². The van der Waals surface area contributed by atoms with E-state index in [0.717, 1.165) is 0 Å². The van der Waals surface area contributed by atoms with E-state index in [0.29, 0.717) is 80.0 Å². The summed E-state index contributed by atoms with van der Waals surface area (Å²) in [6.07, 6.45) is -4.65. The molecule has 8 rings (SSSR count). The summed E-state index contributed by atoms with van der Waals surface area (Å²) in [4.78, 5) is 208. The molecule has 0 fully saturated rings. The third-order valence-electron chi connectivity index (χ3n) is 22.1. The number of amides is 15. The molecule has 5 aromatic rings. The molecule has 0 saturated heterocycles. The minimum Gasteiger partial charge on any atom is -0.481 e. The number of carbonyl (C=O) groups is 15. The molecule has 43 heteroatoms. The highest BCUT2D eigenvalue weighted by atomic mass is 16.6. The summed E-state index contributed by atoms with van der Waals surface area (Å²) in [5.41, 5.74) is 10.5. The van der Waals surface area contributed by atoms with Gasteiger partial charge in [0.2, 0.25) is 0 Å². The van der Waals surface area contributed by atoms with Gasteiger partial charge in [0, 0.05) is 124 Å². The lowest BCUT2D eigenvalue weighted by Gasteiger charge is -2.34. The fourth-order valence-electron chi connectivity index (χ4n) is 15.8. The number of aliphatic carboxylic acids is 6. The fraction of sp³-hybridized carbons (Fsp3) is 0.483. The van der Waals surface area contributed by atoms with Gasteiger partial charge in [-0.2, -0.15) is 0 Å². The first-order valence-electron chi connectivity index (χ1n) is 42.8. The topological polar surface area (TPSA) is 644 Å². The average Bonchev–Trinajstić information content (AvgIpc) is 0.752. The van der Waals surface area contributed by atoms with Crippen LogP contribution in [0.2, 0.25) is 0 Å². The zero-order valence-electron chi connectivity index (χ0n) is 73.5. The molecular formula is C87H116N18O25. The Bertz CT molecular complexity index is 4700. The normalized spacial score (nSPS) is 13.4. The van der Waals surface area contributed by atoms with Crippen molar-refractivity contribution in [2.75, 3.05) is 97.8 Å². The molecular weight excluding hydrogens is 1700 g/mol. The van der Waals surface area contributed by atoms with Crippen molar-refractivity contribution in [1.29, 1.82) is 0 Å². The highest BCUT2D eigenvalue weighted by molar-refractivity contribution is 6.06. The molecule has 0 unspecified atom stereocenters. The van der Waals surface area contributed by atoms with Crippen LogP contribution in [0.3, 0.4) is 0 Å². The summed E-state index contributed by atoms with van der Waals surface area (Å²) in [5.74, 6) is -10.5. The minimum absolute atomic E-state index is 0.0269. The van der Waals surface area contributed by atoms with Gasteiger partial charge in [-0.25, -0.2) is 28.8 Å². The summed E-state index contributed by atoms with van der Waals surface area (Å²) >= 11 is 0. The molecule has 3 heterocycles. The van der Waals surface area contributed by atoms with Crippen LogP contribution in [0.4, 0.5) is 62.9 Å². The van der Waals surface area contributed by atoms with Gasteiger partial charge >= 0.3 is 72.0 Å². The number of hydrogen-bond donors (Lipinski definition) is 21. The predicted molar refractivity (Wildman–Crippen MR) is 475 cm³/mol. The molecule has 0 radical (unpaired) electrons. The Morgan fingerprint density at radius 1 is 0.338 bits per heavy atom. The first-order valence-corrected chi connectivity index (χ1v) is 42.8. The SMILES string of the molecule is CCc1c2c(CC)c3c(CC)c1CNC(=O)Nc1ccc(C(=O)NC(CCC(=O)O)(CCC(=O)O)CCC(=O)O)cc1NC(=O)NCc1c(CC)c(c(CC)c(c1CC)CNC(=O)Nc1cc(C(=O)NC(CCC(=O)O)(CCC(=O)O)CCC(=O)O)ccc1NC(=O)NC3)CNC(=O)Nc1cc(C(=O)NCCOCCOCCOCCOCCN=[N+]=[N-])ccc1NC(=O)NC2. The van der Waals surface area contributed by atoms with Crippen molar-refractivity contribution in [3.8, 4) is 0 Å². The van der Waals surface area contributed by atoms with Crippen molar-refractivity contribution >= 4 is 124 Å². The van der Waals surface area contributed by atoms with E-state index < -0.39 is 178 Å². The van der Waals surface area contributed by atoms with Gasteiger partial charge in [0.05, 0.1) is 87.0 Å². The molecule has 21 N–H and O–H groups in total. The Hall–Kier alpha value is -13.9. The van der Waals surface area contributed by atoms with E-state index >= 15 is 9.59 Å². The summed E-state index contributed by atoms with van der Waals surface area (Å²) in [7, 11) is 0. The van der Waals surface area contributed by atoms with Gasteiger partial charge in [0.25, 0.3) is 17.7 Å². The van der Waals surface area contributed by atoms with Crippen molar-refractivity contribution in [3.63, 3.8) is 0 Å². The number of carbonyl (C=O) groups excluding carboxylic acids is 9. The zero-order valence-corrected chi connectivity index (χ0v) is 73.5. The van der Waals surface area contributed by atoms with E-state index in [1.807, 2.05) is 41.5 Å². The summed E-state index contributed by atoms with van der Waals surface area (Å²) in [6, 6.07) is 6.36. The molecule has 6 bridgehead atoms. The molecule has 130 heavy (non-hydrogen) atoms. The van der Waals surface area contributed by atoms with E-state index in [4.69, 9.17) is 24.5 Å². The number of azide groups is 1. The summed E-state index contributed by atoms with van der Waals surface area (Å²) in [5, 5.41) is 105. The Kier molecular flexibility index (Phi) is 41.1. The highest BCUT2D eigenvalue weighted by Crippen LogP contribution is 2.37. The smallest absolute Gasteiger partial charge is 0.319 e. The minimum atomic E-state index is -1.72. The third-order valence-corrected chi connectivity index (χ3v) is 22.1. The Balaban J connectivity index is 1.41. The van der Waals surface area contributed by atoms with E-state index in [1.54, 1.807) is 0 Å². The number of hydrogen-bond acceptors (Lipinski definition) is 20. The Labute approximate surface area is 748 Å². The number of ether oxygens (including phenoxy) is 4. The maximum Gasteiger partial charge on any atom is 0.319 e. The molecule has 0 aliphatic carbocycles. The number of nitrogens with one attached hydrogen (secondary N) is 15. The van der Waals surface area contributed by atoms with Crippen molar-refractivity contribution in [1.82, 2.24) is 47.9 Å². The predicted octanol–water partition coefficient (Wildman–Crippen LogP) is 9.85. The van der Waals surface area contributed by atoms with Crippen molar-refractivity contribution in [2.45, 2.75) is 207 Å². The molecule has 3 aliphatic rings. The lowest BCUT2D eigenvalue weighted by atomic mass is 9.83. The number of carboxylic acid groups (broad SMARTS) is 6. The maximum absolute atomic E-state index is 15.0. The molecule has 43 nitrogen and oxygen atoms in total. The first-order chi connectivity index (χ1) is 62.2. The number of nitrogens with zero attached hydrogens (tertiary/aromatic N) is 3. The van der Waals surface area contributed by atoms with Gasteiger partial charge in [-0.3, -0.25) is 43.2 Å². The Morgan fingerprint density at radius 3 is 0.792 bits per heavy atom. The summed E-state index contributed by atoms with van der Waals surface area (Å²) in [6.45, 7) is 11.4. The zero-order chi connectivity index (χ0) is 95.0. The standard InChI is InChI=1S/C87H116N18O25/c1-7-53-59-44-90-80(121)97-65-16-13-50(77(118)89-31-33-127-35-37-129-39-40-130-38-36-128-34-32-96-105-88)41-68(65)100-83(124)93-47-62-56(10-4)63-48-94-84(125)101-69-42-51(78(119)103-86(25-19-71(106)107,26-20-72(108)109)27-21-73(110)111)14-17-66(69)98-81(122)91-45-60(53)55(9-3)61(54(59)8-2)46-92-82(123)99-67-18-15-52(43-70(67)102-85(126)95-49-64(57(62)11-5)58(63)12-6)79(120)104-87(28-22-74(112)113,29-23-75(114)115)30-24-76(116)117/h13-18,41-43H,7-12,19-40,44-49H2,1-6H3,(H,89,118)(H,103,119)(H,104,120)(H,106,107)(H,108,109)(H,110,111)(H,112,113)(H,114,115)(H,116,117)(H2,90,97,121)(H2,91,98,122)(H2,92,99,123)(H2,93,100,124)(H2,94,101,125)(H2,95,102,126). The molecule has 5 aromatic carbocycles. The average molecular weight is 1810 g/mol. The van der Waals surface area contributed by atoms with Gasteiger partial charge in [-0.05, 0) is 204 Å². The lowest BCUT2D eigenvalue weighted by molar-refractivity contribution is -0.140. The molecule has 0 aromatic heterocycles. The van der Waals surface area contributed by atoms with Gasteiger partial charge in [-0.1, -0.05) is 46.7 Å². The van der Waals surface area contributed by atoms with Gasteiger partial charge in [-0.15, -0.1) is 0 Å². The second-order valence-corrected chi connectivity index (χ2v) is 30.5. The number of benzene rings is 5. The largest absolute Gasteiger partial charge is 0.481 e. The van der Waals surface area contributed by atoms with Crippen LogP contribution in [0, 0.1) is 0 Å². The van der Waals surface area contributed by atoms with Crippen LogP contribution in [0.25, 0.3) is 10.4 Å². The number of carboxylic acids is 6. The molecule has 15 amide bonds. The summed E-state index contributed by atoms with van der Waals surface area (Å²) < 4.78 is 22.1. The molecule has 0 saturated carbocycles. The van der Waals surface area contributed by atoms with Gasteiger partial charge < -0.3 is 129 Å². The van der Waals surface area contributed by atoms with Crippen LogP contribution in [0.15, 0.2) is 59.7 Å². The van der Waals surface area contributed by atoms with Gasteiger partial charge in [0.15, 0.2) is 0 Å². The van der Waals surface area contributed by atoms with E-state index in [1.165, 1.54) is 54.6 Å². The molecule has 704 valence electrons. The van der Waals surface area contributed by atoms with E-state index in [2.05, 4.69) is 89.8 Å². The van der Waals surface area contributed by atoms with Crippen LogP contribution >= 0.6 is 0 Å². The number of rotatable bonds is 44. The second kappa shape index (κ2) is 51.8. The first kappa shape index (κ1) is 103. The third kappa shape index (κ3) is 31.5. The van der Waals surface area contributed by atoms with E-state index in [-0.39, 0.29) is 181 Å². The van der Waals surface area contributed by atoms with Gasteiger partial charge in [0.1, 0.15) is 0 Å². The second-order valence-electron chi connectivity index (χ2n) is 30.5. The molecule has 0 spiro atoms. The lowest BCUT2D eigenvalue weighted by Crippen LogP contribution is -2.49. The molecule has 3 aliphatic heterocycles. The van der Waals surface area contributed by atoms with Crippen LogP contribution in [0.1, 0.15) is 216 Å². The van der Waals surface area contributed by atoms with E-state index in [9.17, 15) is 93.0 Å². The Morgan fingerprint density at radius 2 is 0.562 bits per heavy atom. The van der Waals surface area contributed by atoms with Crippen molar-refractivity contribution in [2.24, 2.45) is 5.11 Å². The van der Waals surface area contributed by atoms with Crippen LogP contribution < -0.4 is 79.8 Å². The monoisotopic (exact) mass is 1810 g/mol. The maximum atomic E-state index is 15.0. The van der Waals surface area contributed by atoms with Crippen LogP contribution in [-0.4, -0.2) is 197 Å². The van der Waals surface area contributed by atoms with Crippen molar-refractivity contribution < 1.29 is 122 Å². The highest BCUT2D eigenvalue weighted by Gasteiger charge is 2.37. The number of fused-ring (bicyclic) bond motifs is 18.